The molecule has 0 aliphatic heterocycles. The van der Waals surface area contributed by atoms with Gasteiger partial charge >= 0.3 is 0 Å². The van der Waals surface area contributed by atoms with Crippen LogP contribution in [0.3, 0.4) is 0 Å². The molecule has 0 saturated heterocycles. The average Bonchev–Trinajstić information content (AvgIpc) is 3.67. The van der Waals surface area contributed by atoms with Gasteiger partial charge in [-0.1, -0.05) is 105 Å². The summed E-state index contributed by atoms with van der Waals surface area (Å²) in [5.41, 5.74) is 11.8. The second-order valence-corrected chi connectivity index (χ2v) is 19.6. The van der Waals surface area contributed by atoms with Gasteiger partial charge in [-0.3, -0.25) is 4.98 Å². The molecule has 0 saturated carbocycles. The summed E-state index contributed by atoms with van der Waals surface area (Å²) in [5, 5.41) is 3.68. The number of para-hydroxylation sites is 4. The third-order valence-electron chi connectivity index (χ3n) is 9.20. The number of fused-ring (bicyclic) bond motifs is 4. The first-order valence-electron chi connectivity index (χ1n) is 17.4. The Hall–Kier alpha value is -4.61. The molecule has 0 amide bonds. The molecular weight excluding hydrogens is 819 g/mol. The van der Waals surface area contributed by atoms with E-state index in [0.717, 1.165) is 67.7 Å². The van der Waals surface area contributed by atoms with E-state index in [2.05, 4.69) is 136 Å². The molecule has 3 aromatic heterocycles. The Bertz CT molecular complexity index is 2430. The zero-order chi connectivity index (χ0) is 35.0. The molecule has 0 aliphatic carbocycles. The molecule has 3 heterocycles. The van der Waals surface area contributed by atoms with Crippen molar-refractivity contribution in [1.82, 2.24) is 14.5 Å². The Balaban J connectivity index is 0.000000188. The molecular formula is C45H43IrN3OSi-2. The van der Waals surface area contributed by atoms with Crippen LogP contribution in [0.1, 0.15) is 30.5 Å². The van der Waals surface area contributed by atoms with E-state index in [-0.39, 0.29) is 20.1 Å². The van der Waals surface area contributed by atoms with Crippen molar-refractivity contribution < 1.29 is 24.5 Å². The van der Waals surface area contributed by atoms with Crippen LogP contribution in [0.4, 0.5) is 0 Å². The molecule has 6 heteroatoms. The summed E-state index contributed by atoms with van der Waals surface area (Å²) >= 11 is 0. The van der Waals surface area contributed by atoms with Crippen molar-refractivity contribution in [2.75, 3.05) is 0 Å². The maximum Gasteiger partial charge on any atom is 0.120 e. The number of nitrogens with zero attached hydrogens (tertiary/aromatic N) is 3. The molecule has 0 unspecified atom stereocenters. The average molecular weight is 862 g/mol. The van der Waals surface area contributed by atoms with Crippen LogP contribution in [0.5, 0.6) is 0 Å². The third kappa shape index (κ3) is 7.27. The van der Waals surface area contributed by atoms with E-state index >= 15 is 0 Å². The number of furan rings is 1. The Morgan fingerprint density at radius 1 is 0.784 bits per heavy atom. The molecule has 0 bridgehead atoms. The molecule has 8 aromatic rings. The van der Waals surface area contributed by atoms with Gasteiger partial charge in [-0.25, -0.2) is 0 Å². The fourth-order valence-electron chi connectivity index (χ4n) is 6.92. The quantitative estimate of drug-likeness (QED) is 0.124. The zero-order valence-electron chi connectivity index (χ0n) is 30.3. The number of aryl methyl sites for hydroxylation is 2. The first-order valence-corrected chi connectivity index (χ1v) is 20.9. The van der Waals surface area contributed by atoms with Crippen molar-refractivity contribution in [1.29, 1.82) is 0 Å². The van der Waals surface area contributed by atoms with Gasteiger partial charge in [0.05, 0.1) is 30.5 Å². The Kier molecular flexibility index (Phi) is 10.6. The smallest absolute Gasteiger partial charge is 0.120 e. The Morgan fingerprint density at radius 3 is 2.24 bits per heavy atom. The SMILES string of the molecule is CC(C)Cc1cc(-c2[c-]cccc2)ncc1[Si](C)(C)C.Cc1cccc(C)c1-n1c(-c2[c-]ccc3c2oc2ccccc23)nc2ccccc21.[Ir]. The van der Waals surface area contributed by atoms with Crippen LogP contribution in [-0.2, 0) is 26.5 Å². The molecule has 5 aromatic carbocycles. The van der Waals surface area contributed by atoms with Gasteiger partial charge in [0.15, 0.2) is 0 Å². The summed E-state index contributed by atoms with van der Waals surface area (Å²) in [6, 6.07) is 43.9. The van der Waals surface area contributed by atoms with Crippen molar-refractivity contribution in [2.24, 2.45) is 5.92 Å². The van der Waals surface area contributed by atoms with Crippen molar-refractivity contribution >= 4 is 46.2 Å². The van der Waals surface area contributed by atoms with Gasteiger partial charge < -0.3 is 14.0 Å². The summed E-state index contributed by atoms with van der Waals surface area (Å²) in [6.07, 6.45) is 3.24. The number of imidazole rings is 1. The third-order valence-corrected chi connectivity index (χ3v) is 11.3. The Labute approximate surface area is 316 Å². The van der Waals surface area contributed by atoms with Crippen LogP contribution in [0, 0.1) is 31.9 Å². The molecule has 0 fully saturated rings. The Morgan fingerprint density at radius 2 is 1.51 bits per heavy atom. The number of aromatic nitrogens is 3. The van der Waals surface area contributed by atoms with Crippen LogP contribution in [-0.4, -0.2) is 22.6 Å². The topological polar surface area (TPSA) is 43.9 Å². The molecule has 51 heavy (non-hydrogen) atoms. The fourth-order valence-corrected chi connectivity index (χ4v) is 8.51. The predicted octanol–water partition coefficient (Wildman–Crippen LogP) is 11.3. The molecule has 0 N–H and O–H groups in total. The van der Waals surface area contributed by atoms with Gasteiger partial charge in [0.1, 0.15) is 5.58 Å². The number of pyridine rings is 1. The van der Waals surface area contributed by atoms with E-state index in [9.17, 15) is 0 Å². The molecule has 8 rings (SSSR count). The number of hydrogen-bond donors (Lipinski definition) is 0. The summed E-state index contributed by atoms with van der Waals surface area (Å²) in [4.78, 5) is 9.72. The molecule has 259 valence electrons. The van der Waals surface area contributed by atoms with Crippen molar-refractivity contribution in [3.8, 4) is 28.3 Å². The van der Waals surface area contributed by atoms with Gasteiger partial charge in [-0.2, -0.15) is 0 Å². The maximum absolute atomic E-state index is 6.30. The minimum absolute atomic E-state index is 0. The fraction of sp³-hybridized carbons (Fsp3) is 0.200. The van der Waals surface area contributed by atoms with Crippen molar-refractivity contribution in [2.45, 2.75) is 53.8 Å². The van der Waals surface area contributed by atoms with Crippen LogP contribution in [0.2, 0.25) is 19.6 Å². The molecule has 0 atom stereocenters. The monoisotopic (exact) mass is 862 g/mol. The number of rotatable bonds is 6. The summed E-state index contributed by atoms with van der Waals surface area (Å²) in [6.45, 7) is 16.0. The number of benzene rings is 5. The van der Waals surface area contributed by atoms with E-state index in [4.69, 9.17) is 9.40 Å². The van der Waals surface area contributed by atoms with Crippen LogP contribution in [0.15, 0.2) is 120 Å². The molecule has 4 nitrogen and oxygen atoms in total. The van der Waals surface area contributed by atoms with Crippen LogP contribution < -0.4 is 5.19 Å². The second-order valence-electron chi connectivity index (χ2n) is 14.5. The number of hydrogen-bond acceptors (Lipinski definition) is 3. The van der Waals surface area contributed by atoms with Gasteiger partial charge in [-0.15, -0.1) is 54.1 Å². The van der Waals surface area contributed by atoms with Gasteiger partial charge in [0.25, 0.3) is 0 Å². The largest absolute Gasteiger partial charge is 0.501 e. The minimum atomic E-state index is -1.34. The van der Waals surface area contributed by atoms with Crippen molar-refractivity contribution in [3.05, 3.63) is 144 Å². The minimum Gasteiger partial charge on any atom is -0.501 e. The maximum atomic E-state index is 6.30. The summed E-state index contributed by atoms with van der Waals surface area (Å²) in [5.74, 6) is 1.51. The van der Waals surface area contributed by atoms with Crippen LogP contribution >= 0.6 is 0 Å². The van der Waals surface area contributed by atoms with E-state index in [1.807, 2.05) is 48.5 Å². The van der Waals surface area contributed by atoms with E-state index in [0.29, 0.717) is 5.92 Å². The zero-order valence-corrected chi connectivity index (χ0v) is 33.7. The van der Waals surface area contributed by atoms with E-state index in [1.165, 1.54) is 21.9 Å². The predicted molar refractivity (Wildman–Crippen MR) is 212 cm³/mol. The summed E-state index contributed by atoms with van der Waals surface area (Å²) < 4.78 is 8.55. The summed E-state index contributed by atoms with van der Waals surface area (Å²) in [7, 11) is -1.34. The van der Waals surface area contributed by atoms with Crippen LogP contribution in [0.25, 0.3) is 61.3 Å². The van der Waals surface area contributed by atoms with Crippen molar-refractivity contribution in [3.63, 3.8) is 0 Å². The first kappa shape index (κ1) is 36.2. The second kappa shape index (κ2) is 14.9. The molecule has 0 aliphatic rings. The first-order chi connectivity index (χ1) is 24.1. The standard InChI is InChI=1S/C27H19N2O.C18H24NSi.Ir/c1-17-9-7-10-18(2)25(17)29-23-15-5-4-14-22(23)28-27(29)21-13-8-12-20-19-11-3-6-16-24(19)30-26(20)21;1-14(2)11-16-12-17(15-9-7-6-8-10-15)19-13-18(16)20(3,4)5;/h3-12,14-16H,1-2H3;6-9,12-14H,11H2,1-5H3;/q2*-1;. The normalized spacial score (nSPS) is 11.5. The van der Waals surface area contributed by atoms with Gasteiger partial charge in [-0.05, 0) is 66.4 Å². The van der Waals surface area contributed by atoms with E-state index in [1.54, 1.807) is 0 Å². The molecule has 1 radical (unpaired) electrons. The van der Waals surface area contributed by atoms with Gasteiger partial charge in [0, 0.05) is 37.4 Å². The van der Waals surface area contributed by atoms with E-state index < -0.39 is 8.07 Å². The van der Waals surface area contributed by atoms with Gasteiger partial charge in [0.2, 0.25) is 0 Å². The molecule has 0 spiro atoms.